The van der Waals surface area contributed by atoms with Gasteiger partial charge in [0.05, 0.1) is 6.61 Å². The van der Waals surface area contributed by atoms with Crippen LogP contribution in [0.15, 0.2) is 72.8 Å². The summed E-state index contributed by atoms with van der Waals surface area (Å²) in [7, 11) is 0. The van der Waals surface area contributed by atoms with Gasteiger partial charge in [0, 0.05) is 54.1 Å². The number of rotatable bonds is 8. The molecule has 4 rings (SSSR count). The quantitative estimate of drug-likeness (QED) is 0.259. The molecule has 182 valence electrons. The van der Waals surface area contributed by atoms with Gasteiger partial charge in [0.15, 0.2) is 0 Å². The molecule has 0 radical (unpaired) electrons. The molecule has 5 nitrogen and oxygen atoms in total. The summed E-state index contributed by atoms with van der Waals surface area (Å²) < 4.78 is 5.53. The predicted molar refractivity (Wildman–Crippen MR) is 148 cm³/mol. The number of benzene rings is 3. The zero-order chi connectivity index (χ0) is 24.6. The van der Waals surface area contributed by atoms with Crippen molar-refractivity contribution in [1.82, 2.24) is 4.90 Å². The molecular weight excluding hydrogens is 479 g/mol. The highest BCUT2D eigenvalue weighted by Gasteiger charge is 2.18. The van der Waals surface area contributed by atoms with Crippen LogP contribution in [0.1, 0.15) is 18.1 Å². The lowest BCUT2D eigenvalue weighted by Crippen LogP contribution is -2.45. The van der Waals surface area contributed by atoms with Crippen LogP contribution in [0.4, 0.5) is 11.4 Å². The molecule has 1 heterocycles. The van der Waals surface area contributed by atoms with Crippen LogP contribution in [0.5, 0.6) is 5.75 Å². The Hall–Kier alpha value is -2.99. The SMILES string of the molecule is CCOc1ccc(CN2CCN(c3ccc(/C=C/C(=N)Nc4ccc(Cl)cc4)c(Cl)c3)CC2)cc1. The number of hydrogen-bond acceptors (Lipinski definition) is 4. The maximum absolute atomic E-state index is 8.14. The fourth-order valence-electron chi connectivity index (χ4n) is 4.03. The second kappa shape index (κ2) is 12.1. The number of halogens is 2. The standard InChI is InChI=1S/C28H30Cl2N4O/c1-2-35-26-12-3-21(4-13-26)20-33-15-17-34(18-16-33)25-11-5-22(27(30)19-25)6-14-28(31)32-24-9-7-23(29)8-10-24/h3-14,19H,2,15-18,20H2,1H3,(H2,31,32)/b14-6+. The van der Waals surface area contributed by atoms with Gasteiger partial charge in [-0.2, -0.15) is 0 Å². The molecule has 3 aromatic rings. The van der Waals surface area contributed by atoms with Gasteiger partial charge in [-0.25, -0.2) is 0 Å². The Bertz CT molecular complexity index is 1150. The first-order valence-electron chi connectivity index (χ1n) is 11.8. The fourth-order valence-corrected chi connectivity index (χ4v) is 4.40. The smallest absolute Gasteiger partial charge is 0.122 e. The predicted octanol–water partition coefficient (Wildman–Crippen LogP) is 6.82. The molecule has 1 fully saturated rings. The van der Waals surface area contributed by atoms with Crippen molar-refractivity contribution in [2.75, 3.05) is 43.0 Å². The molecule has 0 atom stereocenters. The van der Waals surface area contributed by atoms with Gasteiger partial charge in [0.2, 0.25) is 0 Å². The van der Waals surface area contributed by atoms with Crippen molar-refractivity contribution in [2.24, 2.45) is 0 Å². The molecule has 0 unspecified atom stereocenters. The highest BCUT2D eigenvalue weighted by molar-refractivity contribution is 6.32. The maximum Gasteiger partial charge on any atom is 0.122 e. The highest BCUT2D eigenvalue weighted by Crippen LogP contribution is 2.26. The van der Waals surface area contributed by atoms with Crippen molar-refractivity contribution in [3.05, 3.63) is 94.0 Å². The molecule has 0 bridgehead atoms. The average Bonchev–Trinajstić information content (AvgIpc) is 2.86. The van der Waals surface area contributed by atoms with Crippen molar-refractivity contribution < 1.29 is 4.74 Å². The summed E-state index contributed by atoms with van der Waals surface area (Å²) in [6, 6.07) is 21.8. The Morgan fingerprint density at radius 2 is 1.69 bits per heavy atom. The third-order valence-corrected chi connectivity index (χ3v) is 6.49. The minimum absolute atomic E-state index is 0.274. The molecule has 0 aliphatic carbocycles. The van der Waals surface area contributed by atoms with Gasteiger partial charge in [-0.3, -0.25) is 10.3 Å². The fraction of sp³-hybridized carbons (Fsp3) is 0.250. The Morgan fingerprint density at radius 1 is 0.971 bits per heavy atom. The highest BCUT2D eigenvalue weighted by atomic mass is 35.5. The van der Waals surface area contributed by atoms with Crippen LogP contribution in [-0.4, -0.2) is 43.5 Å². The van der Waals surface area contributed by atoms with E-state index in [0.717, 1.165) is 55.4 Å². The summed E-state index contributed by atoms with van der Waals surface area (Å²) in [4.78, 5) is 4.85. The second-order valence-electron chi connectivity index (χ2n) is 8.42. The van der Waals surface area contributed by atoms with E-state index >= 15 is 0 Å². The van der Waals surface area contributed by atoms with E-state index in [9.17, 15) is 0 Å². The zero-order valence-electron chi connectivity index (χ0n) is 19.8. The van der Waals surface area contributed by atoms with E-state index in [2.05, 4.69) is 33.3 Å². The Labute approximate surface area is 217 Å². The molecule has 0 spiro atoms. The van der Waals surface area contributed by atoms with E-state index in [0.29, 0.717) is 16.7 Å². The van der Waals surface area contributed by atoms with Crippen LogP contribution in [0, 0.1) is 5.41 Å². The first-order valence-corrected chi connectivity index (χ1v) is 12.5. The van der Waals surface area contributed by atoms with Gasteiger partial charge in [-0.05, 0) is 78.7 Å². The molecule has 1 aliphatic heterocycles. The van der Waals surface area contributed by atoms with Crippen LogP contribution >= 0.6 is 23.2 Å². The lowest BCUT2D eigenvalue weighted by Gasteiger charge is -2.36. The van der Waals surface area contributed by atoms with E-state index in [4.69, 9.17) is 33.3 Å². The number of hydrogen-bond donors (Lipinski definition) is 2. The zero-order valence-corrected chi connectivity index (χ0v) is 21.3. The molecule has 0 aromatic heterocycles. The first kappa shape index (κ1) is 25.1. The summed E-state index contributed by atoms with van der Waals surface area (Å²) >= 11 is 12.5. The molecule has 1 aliphatic rings. The summed E-state index contributed by atoms with van der Waals surface area (Å²) in [6.45, 7) is 7.55. The van der Waals surface area contributed by atoms with Gasteiger partial charge in [0.25, 0.3) is 0 Å². The van der Waals surface area contributed by atoms with E-state index < -0.39 is 0 Å². The van der Waals surface area contributed by atoms with E-state index in [1.165, 1.54) is 5.56 Å². The van der Waals surface area contributed by atoms with Gasteiger partial charge in [0.1, 0.15) is 11.6 Å². The topological polar surface area (TPSA) is 51.6 Å². The number of ether oxygens (including phenoxy) is 1. The summed E-state index contributed by atoms with van der Waals surface area (Å²) in [6.07, 6.45) is 3.56. The molecule has 2 N–H and O–H groups in total. The van der Waals surface area contributed by atoms with Crippen LogP contribution in [0.2, 0.25) is 10.0 Å². The molecule has 35 heavy (non-hydrogen) atoms. The Balaban J connectivity index is 1.28. The van der Waals surface area contributed by atoms with Gasteiger partial charge < -0.3 is 15.0 Å². The molecule has 0 saturated carbocycles. The number of amidine groups is 1. The third-order valence-electron chi connectivity index (χ3n) is 5.91. The number of piperazine rings is 1. The maximum atomic E-state index is 8.14. The largest absolute Gasteiger partial charge is 0.494 e. The minimum Gasteiger partial charge on any atom is -0.494 e. The first-order chi connectivity index (χ1) is 17.0. The van der Waals surface area contributed by atoms with Crippen molar-refractivity contribution >= 4 is 46.5 Å². The summed E-state index contributed by atoms with van der Waals surface area (Å²) in [5, 5.41) is 12.5. The normalized spacial score (nSPS) is 14.3. The van der Waals surface area contributed by atoms with Crippen molar-refractivity contribution in [1.29, 1.82) is 5.41 Å². The molecule has 3 aromatic carbocycles. The van der Waals surface area contributed by atoms with Crippen LogP contribution in [0.3, 0.4) is 0 Å². The van der Waals surface area contributed by atoms with E-state index in [-0.39, 0.29) is 5.84 Å². The lowest BCUT2D eigenvalue weighted by molar-refractivity contribution is 0.249. The van der Waals surface area contributed by atoms with Gasteiger partial charge >= 0.3 is 0 Å². The van der Waals surface area contributed by atoms with E-state index in [1.54, 1.807) is 18.2 Å². The summed E-state index contributed by atoms with van der Waals surface area (Å²) in [5.74, 6) is 1.20. The molecule has 1 saturated heterocycles. The van der Waals surface area contributed by atoms with E-state index in [1.807, 2.05) is 49.4 Å². The number of anilines is 2. The number of nitrogens with zero attached hydrogens (tertiary/aromatic N) is 2. The summed E-state index contributed by atoms with van der Waals surface area (Å²) in [5.41, 5.74) is 4.12. The van der Waals surface area contributed by atoms with Crippen LogP contribution in [0.25, 0.3) is 6.08 Å². The van der Waals surface area contributed by atoms with Crippen LogP contribution in [-0.2, 0) is 6.54 Å². The van der Waals surface area contributed by atoms with Crippen molar-refractivity contribution in [3.8, 4) is 5.75 Å². The molecule has 7 heteroatoms. The Kier molecular flexibility index (Phi) is 8.69. The minimum atomic E-state index is 0.274. The lowest BCUT2D eigenvalue weighted by atomic mass is 10.1. The average molecular weight is 509 g/mol. The van der Waals surface area contributed by atoms with Crippen LogP contribution < -0.4 is 15.0 Å². The number of nitrogens with one attached hydrogen (secondary N) is 2. The van der Waals surface area contributed by atoms with Crippen molar-refractivity contribution in [2.45, 2.75) is 13.5 Å². The monoisotopic (exact) mass is 508 g/mol. The van der Waals surface area contributed by atoms with Gasteiger partial charge in [-0.15, -0.1) is 0 Å². The third kappa shape index (κ3) is 7.25. The van der Waals surface area contributed by atoms with Gasteiger partial charge in [-0.1, -0.05) is 41.4 Å². The second-order valence-corrected chi connectivity index (χ2v) is 9.27. The molecular formula is C28H30Cl2N4O. The Morgan fingerprint density at radius 3 is 2.34 bits per heavy atom. The molecule has 0 amide bonds. The van der Waals surface area contributed by atoms with Crippen molar-refractivity contribution in [3.63, 3.8) is 0 Å².